The van der Waals surface area contributed by atoms with E-state index in [4.69, 9.17) is 10.5 Å². The van der Waals surface area contributed by atoms with E-state index < -0.39 is 0 Å². The van der Waals surface area contributed by atoms with Crippen molar-refractivity contribution in [2.75, 3.05) is 0 Å². The maximum absolute atomic E-state index is 5.82. The summed E-state index contributed by atoms with van der Waals surface area (Å²) in [5, 5.41) is 0. The fourth-order valence-electron chi connectivity index (χ4n) is 1.79. The summed E-state index contributed by atoms with van der Waals surface area (Å²) in [4.78, 5) is 0. The number of nitrogens with two attached hydrogens (primary N) is 1. The van der Waals surface area contributed by atoms with Crippen LogP contribution < -0.4 is 10.5 Å². The number of benzene rings is 1. The molecule has 2 atom stereocenters. The Morgan fingerprint density at radius 3 is 2.50 bits per heavy atom. The lowest BCUT2D eigenvalue weighted by molar-refractivity contribution is 0.208. The Hall–Kier alpha value is -0.540. The van der Waals surface area contributed by atoms with Crippen LogP contribution in [0.4, 0.5) is 0 Å². The van der Waals surface area contributed by atoms with Gasteiger partial charge in [0.2, 0.25) is 0 Å². The van der Waals surface area contributed by atoms with Crippen LogP contribution >= 0.6 is 15.9 Å². The van der Waals surface area contributed by atoms with Crippen LogP contribution in [0.15, 0.2) is 28.7 Å². The van der Waals surface area contributed by atoms with Crippen LogP contribution in [-0.4, -0.2) is 12.1 Å². The second-order valence-electron chi connectivity index (χ2n) is 3.77. The number of rotatable bonds is 2. The predicted octanol–water partition coefficient (Wildman–Crippen LogP) is 2.71. The summed E-state index contributed by atoms with van der Waals surface area (Å²) in [5.74, 6) is 0.937. The van der Waals surface area contributed by atoms with Gasteiger partial charge < -0.3 is 10.5 Å². The Morgan fingerprint density at radius 1 is 1.21 bits per heavy atom. The van der Waals surface area contributed by atoms with Crippen molar-refractivity contribution in [2.45, 2.75) is 31.4 Å². The van der Waals surface area contributed by atoms with E-state index in [1.807, 2.05) is 24.3 Å². The molecule has 1 aromatic rings. The molecule has 2 unspecified atom stereocenters. The molecule has 0 spiro atoms. The van der Waals surface area contributed by atoms with Crippen LogP contribution in [0.25, 0.3) is 0 Å². The van der Waals surface area contributed by atoms with E-state index in [2.05, 4.69) is 15.9 Å². The van der Waals surface area contributed by atoms with Crippen molar-refractivity contribution in [3.05, 3.63) is 28.7 Å². The first-order chi connectivity index (χ1) is 6.74. The van der Waals surface area contributed by atoms with Crippen molar-refractivity contribution in [3.8, 4) is 5.75 Å². The highest BCUT2D eigenvalue weighted by molar-refractivity contribution is 9.10. The minimum absolute atomic E-state index is 0.311. The van der Waals surface area contributed by atoms with E-state index in [-0.39, 0.29) is 0 Å². The molecule has 0 heterocycles. The fourth-order valence-corrected chi connectivity index (χ4v) is 2.05. The molecule has 76 valence electrons. The van der Waals surface area contributed by atoms with Gasteiger partial charge in [-0.1, -0.05) is 15.9 Å². The lowest BCUT2D eigenvalue weighted by Gasteiger charge is -2.13. The van der Waals surface area contributed by atoms with Crippen molar-refractivity contribution in [2.24, 2.45) is 5.73 Å². The predicted molar refractivity (Wildman–Crippen MR) is 60.4 cm³/mol. The van der Waals surface area contributed by atoms with Crippen molar-refractivity contribution in [1.29, 1.82) is 0 Å². The maximum Gasteiger partial charge on any atom is 0.119 e. The highest BCUT2D eigenvalue weighted by Crippen LogP contribution is 2.24. The zero-order valence-electron chi connectivity index (χ0n) is 7.95. The van der Waals surface area contributed by atoms with Crippen LogP contribution in [0.5, 0.6) is 5.75 Å². The van der Waals surface area contributed by atoms with Gasteiger partial charge >= 0.3 is 0 Å². The lowest BCUT2D eigenvalue weighted by atomic mass is 10.3. The van der Waals surface area contributed by atoms with E-state index in [9.17, 15) is 0 Å². The van der Waals surface area contributed by atoms with E-state index >= 15 is 0 Å². The van der Waals surface area contributed by atoms with Gasteiger partial charge in [0.1, 0.15) is 11.9 Å². The Labute approximate surface area is 92.6 Å². The summed E-state index contributed by atoms with van der Waals surface area (Å²) in [6.45, 7) is 0. The summed E-state index contributed by atoms with van der Waals surface area (Å²) in [6.07, 6.45) is 3.46. The molecule has 1 saturated carbocycles. The molecule has 1 aromatic carbocycles. The first kappa shape index (κ1) is 9.99. The molecule has 0 aromatic heterocycles. The van der Waals surface area contributed by atoms with Crippen LogP contribution in [0.3, 0.4) is 0 Å². The zero-order chi connectivity index (χ0) is 9.97. The van der Waals surface area contributed by atoms with E-state index in [0.717, 1.165) is 29.5 Å². The Morgan fingerprint density at radius 2 is 1.93 bits per heavy atom. The number of hydrogen-bond acceptors (Lipinski definition) is 2. The van der Waals surface area contributed by atoms with Crippen molar-refractivity contribution in [3.63, 3.8) is 0 Å². The fraction of sp³-hybridized carbons (Fsp3) is 0.455. The smallest absolute Gasteiger partial charge is 0.119 e. The molecule has 0 bridgehead atoms. The average Bonchev–Trinajstić information content (AvgIpc) is 2.56. The summed E-state index contributed by atoms with van der Waals surface area (Å²) in [5.41, 5.74) is 5.82. The van der Waals surface area contributed by atoms with Gasteiger partial charge in [-0.15, -0.1) is 0 Å². The van der Waals surface area contributed by atoms with Gasteiger partial charge in [0.25, 0.3) is 0 Å². The van der Waals surface area contributed by atoms with Gasteiger partial charge in [-0.25, -0.2) is 0 Å². The minimum atomic E-state index is 0.311. The molecule has 1 fully saturated rings. The van der Waals surface area contributed by atoms with Gasteiger partial charge in [0, 0.05) is 10.5 Å². The van der Waals surface area contributed by atoms with Gasteiger partial charge in [0.05, 0.1) is 0 Å². The molecule has 2 rings (SSSR count). The highest BCUT2D eigenvalue weighted by atomic mass is 79.9. The lowest BCUT2D eigenvalue weighted by Crippen LogP contribution is -2.19. The highest BCUT2D eigenvalue weighted by Gasteiger charge is 2.22. The van der Waals surface area contributed by atoms with Gasteiger partial charge in [-0.2, -0.15) is 0 Å². The van der Waals surface area contributed by atoms with Crippen molar-refractivity contribution in [1.82, 2.24) is 0 Å². The van der Waals surface area contributed by atoms with Crippen LogP contribution in [-0.2, 0) is 0 Å². The number of halogens is 1. The molecule has 0 amide bonds. The SMILES string of the molecule is NC1CCC(Oc2ccc(Br)cc2)C1. The molecule has 0 saturated heterocycles. The normalized spacial score (nSPS) is 26.4. The Bertz CT molecular complexity index is 299. The first-order valence-electron chi connectivity index (χ1n) is 4.92. The summed E-state index contributed by atoms with van der Waals surface area (Å²) in [6, 6.07) is 8.27. The topological polar surface area (TPSA) is 35.2 Å². The minimum Gasteiger partial charge on any atom is -0.490 e. The second kappa shape index (κ2) is 4.32. The third kappa shape index (κ3) is 2.49. The molecule has 14 heavy (non-hydrogen) atoms. The third-order valence-corrected chi connectivity index (χ3v) is 3.07. The summed E-state index contributed by atoms with van der Waals surface area (Å²) < 4.78 is 6.88. The van der Waals surface area contributed by atoms with Gasteiger partial charge in [-0.05, 0) is 43.5 Å². The monoisotopic (exact) mass is 255 g/mol. The van der Waals surface area contributed by atoms with Crippen molar-refractivity contribution >= 4 is 15.9 Å². The average molecular weight is 256 g/mol. The molecule has 1 aliphatic rings. The van der Waals surface area contributed by atoms with E-state index in [0.29, 0.717) is 12.1 Å². The molecule has 0 aliphatic heterocycles. The number of hydrogen-bond donors (Lipinski definition) is 1. The Kier molecular flexibility index (Phi) is 3.08. The van der Waals surface area contributed by atoms with Crippen molar-refractivity contribution < 1.29 is 4.74 Å². The summed E-state index contributed by atoms with van der Waals surface area (Å²) >= 11 is 3.39. The molecule has 0 radical (unpaired) electrons. The van der Waals surface area contributed by atoms with Crippen LogP contribution in [0.2, 0.25) is 0 Å². The zero-order valence-corrected chi connectivity index (χ0v) is 9.53. The second-order valence-corrected chi connectivity index (χ2v) is 4.68. The molecular formula is C11H14BrNO. The molecule has 3 heteroatoms. The third-order valence-electron chi connectivity index (χ3n) is 2.54. The van der Waals surface area contributed by atoms with E-state index in [1.54, 1.807) is 0 Å². The molecule has 2 nitrogen and oxygen atoms in total. The van der Waals surface area contributed by atoms with E-state index in [1.165, 1.54) is 0 Å². The van der Waals surface area contributed by atoms with Gasteiger partial charge in [0.15, 0.2) is 0 Å². The quantitative estimate of drug-likeness (QED) is 0.882. The Balaban J connectivity index is 1.94. The molecule has 1 aliphatic carbocycles. The number of ether oxygens (including phenoxy) is 1. The largest absolute Gasteiger partial charge is 0.490 e. The van der Waals surface area contributed by atoms with Crippen LogP contribution in [0, 0.1) is 0 Å². The standard InChI is InChI=1S/C11H14BrNO/c12-8-1-4-10(5-2-8)14-11-6-3-9(13)7-11/h1-2,4-5,9,11H,3,6-7,13H2. The van der Waals surface area contributed by atoms with Gasteiger partial charge in [-0.3, -0.25) is 0 Å². The first-order valence-corrected chi connectivity index (χ1v) is 5.71. The molecular weight excluding hydrogens is 242 g/mol. The van der Waals surface area contributed by atoms with Crippen LogP contribution in [0.1, 0.15) is 19.3 Å². The maximum atomic E-state index is 5.82. The molecule has 2 N–H and O–H groups in total. The summed E-state index contributed by atoms with van der Waals surface area (Å²) in [7, 11) is 0.